The van der Waals surface area contributed by atoms with Crippen LogP contribution >= 0.6 is 0 Å². The number of carbonyl (C=O) groups excluding carboxylic acids is 3. The molecule has 6 nitrogen and oxygen atoms in total. The summed E-state index contributed by atoms with van der Waals surface area (Å²) in [6, 6.07) is 0. The van der Waals surface area contributed by atoms with Crippen LogP contribution in [0.3, 0.4) is 0 Å². The van der Waals surface area contributed by atoms with Crippen LogP contribution in [0.2, 0.25) is 0 Å². The van der Waals surface area contributed by atoms with E-state index in [2.05, 4.69) is 69.4 Å². The van der Waals surface area contributed by atoms with Gasteiger partial charge in [-0.2, -0.15) is 0 Å². The van der Waals surface area contributed by atoms with Crippen molar-refractivity contribution in [3.8, 4) is 0 Å². The lowest BCUT2D eigenvalue weighted by atomic mass is 10.0. The maximum Gasteiger partial charge on any atom is 0.306 e. The van der Waals surface area contributed by atoms with E-state index in [4.69, 9.17) is 14.2 Å². The van der Waals surface area contributed by atoms with Gasteiger partial charge in [0.2, 0.25) is 0 Å². The number of esters is 3. The molecule has 0 aliphatic heterocycles. The number of unbranched alkanes of at least 4 members (excludes halogenated alkanes) is 26. The molecular formula is C53H94O6. The van der Waals surface area contributed by atoms with Crippen LogP contribution in [0.15, 0.2) is 48.6 Å². The third-order valence-electron chi connectivity index (χ3n) is 10.8. The third kappa shape index (κ3) is 46.3. The molecule has 0 aliphatic rings. The molecule has 1 atom stereocenters. The SMILES string of the molecule is CC/C=C\C/C=C\C/C=C\CCCCCCCC(=O)OC[C@@H](COC(=O)CCCCCCCCCCCCCCC)OC(=O)CCCCCCC/C=C\CCCCCC. The van der Waals surface area contributed by atoms with Gasteiger partial charge in [0.05, 0.1) is 0 Å². The predicted molar refractivity (Wildman–Crippen MR) is 252 cm³/mol. The minimum atomic E-state index is -0.780. The highest BCUT2D eigenvalue weighted by molar-refractivity contribution is 5.71. The lowest BCUT2D eigenvalue weighted by Gasteiger charge is -2.18. The smallest absolute Gasteiger partial charge is 0.306 e. The summed E-state index contributed by atoms with van der Waals surface area (Å²) in [5.74, 6) is -0.901. The summed E-state index contributed by atoms with van der Waals surface area (Å²) in [7, 11) is 0. The first-order valence-electron chi connectivity index (χ1n) is 25.1. The Morgan fingerprint density at radius 3 is 1.07 bits per heavy atom. The summed E-state index contributed by atoms with van der Waals surface area (Å²) in [5.41, 5.74) is 0. The van der Waals surface area contributed by atoms with E-state index in [1.807, 2.05) is 0 Å². The average Bonchev–Trinajstić information content (AvgIpc) is 3.23. The van der Waals surface area contributed by atoms with Crippen LogP contribution in [0.5, 0.6) is 0 Å². The van der Waals surface area contributed by atoms with Gasteiger partial charge >= 0.3 is 17.9 Å². The monoisotopic (exact) mass is 827 g/mol. The van der Waals surface area contributed by atoms with Crippen LogP contribution in [0, 0.1) is 0 Å². The van der Waals surface area contributed by atoms with Crippen molar-refractivity contribution in [1.29, 1.82) is 0 Å². The molecule has 0 saturated heterocycles. The molecule has 59 heavy (non-hydrogen) atoms. The number of carbonyl (C=O) groups is 3. The van der Waals surface area contributed by atoms with Crippen LogP contribution in [-0.2, 0) is 28.6 Å². The fourth-order valence-corrected chi connectivity index (χ4v) is 7.04. The Balaban J connectivity index is 4.40. The Morgan fingerprint density at radius 1 is 0.356 bits per heavy atom. The van der Waals surface area contributed by atoms with Gasteiger partial charge in [0.25, 0.3) is 0 Å². The first kappa shape index (κ1) is 56.4. The van der Waals surface area contributed by atoms with Gasteiger partial charge in [0.1, 0.15) is 13.2 Å². The molecule has 0 N–H and O–H groups in total. The number of hydrogen-bond donors (Lipinski definition) is 0. The molecule has 0 spiro atoms. The molecule has 0 radical (unpaired) electrons. The lowest BCUT2D eigenvalue weighted by molar-refractivity contribution is -0.167. The van der Waals surface area contributed by atoms with Crippen molar-refractivity contribution in [3.05, 3.63) is 48.6 Å². The van der Waals surface area contributed by atoms with Crippen molar-refractivity contribution >= 4 is 17.9 Å². The molecular weight excluding hydrogens is 733 g/mol. The van der Waals surface area contributed by atoms with Crippen molar-refractivity contribution in [2.75, 3.05) is 13.2 Å². The van der Waals surface area contributed by atoms with Crippen LogP contribution in [0.25, 0.3) is 0 Å². The molecule has 0 rings (SSSR count). The Labute approximate surface area is 365 Å². The Kier molecular flexibility index (Phi) is 45.9. The zero-order valence-electron chi connectivity index (χ0n) is 39.0. The standard InChI is InChI=1S/C53H94O6/c1-4-7-10-13-16-19-22-25-26-29-31-34-37-40-43-46-52(55)58-49-50(59-53(56)47-44-41-38-35-32-28-24-21-18-15-12-9-6-3)48-57-51(54)45-42-39-36-33-30-27-23-20-17-14-11-8-5-2/h7,10,16,19,21,24-26,50H,4-6,8-9,11-15,17-18,20,22-23,27-49H2,1-3H3/b10-7-,19-16-,24-21-,26-25-/t50-/m1/s1. The van der Waals surface area contributed by atoms with E-state index in [0.29, 0.717) is 19.3 Å². The highest BCUT2D eigenvalue weighted by atomic mass is 16.6. The van der Waals surface area contributed by atoms with E-state index in [0.717, 1.165) is 109 Å². The van der Waals surface area contributed by atoms with Gasteiger partial charge in [0, 0.05) is 19.3 Å². The second kappa shape index (κ2) is 48.0. The molecule has 342 valence electrons. The molecule has 0 aromatic heterocycles. The Morgan fingerprint density at radius 2 is 0.661 bits per heavy atom. The second-order valence-electron chi connectivity index (χ2n) is 16.7. The number of rotatable bonds is 45. The topological polar surface area (TPSA) is 78.9 Å². The van der Waals surface area contributed by atoms with Gasteiger partial charge in [-0.15, -0.1) is 0 Å². The highest BCUT2D eigenvalue weighted by Crippen LogP contribution is 2.15. The molecule has 0 saturated carbocycles. The fourth-order valence-electron chi connectivity index (χ4n) is 7.04. The van der Waals surface area contributed by atoms with Gasteiger partial charge in [-0.25, -0.2) is 0 Å². The van der Waals surface area contributed by atoms with E-state index in [1.165, 1.54) is 103 Å². The normalized spacial score (nSPS) is 12.4. The summed E-state index contributed by atoms with van der Waals surface area (Å²) >= 11 is 0. The summed E-state index contributed by atoms with van der Waals surface area (Å²) in [6.45, 7) is 6.50. The molecule has 0 unspecified atom stereocenters. The summed E-state index contributed by atoms with van der Waals surface area (Å²) in [5, 5.41) is 0. The maximum absolute atomic E-state index is 12.8. The first-order valence-corrected chi connectivity index (χ1v) is 25.1. The quantitative estimate of drug-likeness (QED) is 0.0263. The van der Waals surface area contributed by atoms with E-state index in [1.54, 1.807) is 0 Å². The first-order chi connectivity index (χ1) is 29.0. The molecule has 0 heterocycles. The van der Waals surface area contributed by atoms with Crippen LogP contribution in [0.4, 0.5) is 0 Å². The predicted octanol–water partition coefficient (Wildman–Crippen LogP) is 16.3. The lowest BCUT2D eigenvalue weighted by Crippen LogP contribution is -2.30. The van der Waals surface area contributed by atoms with Crippen molar-refractivity contribution in [2.45, 2.75) is 258 Å². The molecule has 0 aromatic rings. The minimum absolute atomic E-state index is 0.0799. The van der Waals surface area contributed by atoms with E-state index in [9.17, 15) is 14.4 Å². The summed E-state index contributed by atoms with van der Waals surface area (Å²) < 4.78 is 16.8. The van der Waals surface area contributed by atoms with Gasteiger partial charge in [-0.1, -0.05) is 204 Å². The number of hydrogen-bond acceptors (Lipinski definition) is 6. The Bertz CT molecular complexity index is 1040. The molecule has 0 aliphatic carbocycles. The van der Waals surface area contributed by atoms with Crippen molar-refractivity contribution in [3.63, 3.8) is 0 Å². The van der Waals surface area contributed by atoms with Crippen molar-refractivity contribution in [1.82, 2.24) is 0 Å². The van der Waals surface area contributed by atoms with E-state index >= 15 is 0 Å². The van der Waals surface area contributed by atoms with Gasteiger partial charge in [-0.05, 0) is 77.0 Å². The molecule has 0 bridgehead atoms. The van der Waals surface area contributed by atoms with E-state index in [-0.39, 0.29) is 31.1 Å². The third-order valence-corrected chi connectivity index (χ3v) is 10.8. The number of allylic oxidation sites excluding steroid dienone is 8. The second-order valence-corrected chi connectivity index (χ2v) is 16.7. The van der Waals surface area contributed by atoms with Gasteiger partial charge in [0.15, 0.2) is 6.10 Å². The zero-order chi connectivity index (χ0) is 43.0. The van der Waals surface area contributed by atoms with Crippen LogP contribution in [-0.4, -0.2) is 37.2 Å². The molecule has 0 aromatic carbocycles. The van der Waals surface area contributed by atoms with E-state index < -0.39 is 6.10 Å². The molecule has 0 amide bonds. The van der Waals surface area contributed by atoms with Crippen LogP contribution < -0.4 is 0 Å². The summed E-state index contributed by atoms with van der Waals surface area (Å²) in [4.78, 5) is 37.9. The highest BCUT2D eigenvalue weighted by Gasteiger charge is 2.19. The average molecular weight is 827 g/mol. The Hall–Kier alpha value is -2.63. The van der Waals surface area contributed by atoms with Gasteiger partial charge < -0.3 is 14.2 Å². The van der Waals surface area contributed by atoms with Crippen molar-refractivity contribution < 1.29 is 28.6 Å². The zero-order valence-corrected chi connectivity index (χ0v) is 39.0. The van der Waals surface area contributed by atoms with Crippen molar-refractivity contribution in [2.24, 2.45) is 0 Å². The largest absolute Gasteiger partial charge is 0.462 e. The fraction of sp³-hybridized carbons (Fsp3) is 0.792. The van der Waals surface area contributed by atoms with Crippen LogP contribution in [0.1, 0.15) is 252 Å². The summed E-state index contributed by atoms with van der Waals surface area (Å²) in [6.07, 6.45) is 56.6. The maximum atomic E-state index is 12.8. The number of ether oxygens (including phenoxy) is 3. The molecule has 6 heteroatoms. The minimum Gasteiger partial charge on any atom is -0.462 e. The van der Waals surface area contributed by atoms with Gasteiger partial charge in [-0.3, -0.25) is 14.4 Å². The molecule has 0 fully saturated rings.